The van der Waals surface area contributed by atoms with Gasteiger partial charge in [0.15, 0.2) is 0 Å². The van der Waals surface area contributed by atoms with Gasteiger partial charge in [-0.15, -0.1) is 0 Å². The molecule has 1 aliphatic carbocycles. The van der Waals surface area contributed by atoms with Crippen molar-refractivity contribution < 1.29 is 14.7 Å². The highest BCUT2D eigenvalue weighted by atomic mass is 16.4. The van der Waals surface area contributed by atoms with Gasteiger partial charge in [0.05, 0.1) is 11.5 Å². The average molecular weight is 274 g/mol. The molecule has 5 nitrogen and oxygen atoms in total. The van der Waals surface area contributed by atoms with Crippen LogP contribution in [0.15, 0.2) is 24.3 Å². The summed E-state index contributed by atoms with van der Waals surface area (Å²) in [6, 6.07) is 7.07. The highest BCUT2D eigenvalue weighted by Crippen LogP contribution is 2.48. The quantitative estimate of drug-likeness (QED) is 0.777. The minimum absolute atomic E-state index is 0.0189. The third-order valence-electron chi connectivity index (χ3n) is 4.24. The van der Waals surface area contributed by atoms with E-state index >= 15 is 0 Å². The van der Waals surface area contributed by atoms with Gasteiger partial charge >= 0.3 is 5.97 Å². The molecular weight excluding hydrogens is 256 g/mol. The average Bonchev–Trinajstić information content (AvgIpc) is 3.07. The monoisotopic (exact) mass is 274 g/mol. The van der Waals surface area contributed by atoms with Crippen molar-refractivity contribution in [2.45, 2.75) is 37.1 Å². The van der Waals surface area contributed by atoms with E-state index in [0.717, 1.165) is 24.9 Å². The maximum atomic E-state index is 11.9. The second kappa shape index (κ2) is 4.90. The summed E-state index contributed by atoms with van der Waals surface area (Å²) < 4.78 is 0. The van der Waals surface area contributed by atoms with E-state index in [-0.39, 0.29) is 11.9 Å². The summed E-state index contributed by atoms with van der Waals surface area (Å²) in [5, 5.41) is 15.2. The van der Waals surface area contributed by atoms with E-state index in [1.165, 1.54) is 0 Å². The zero-order chi connectivity index (χ0) is 14.2. The number of hydrogen-bond acceptors (Lipinski definition) is 3. The largest absolute Gasteiger partial charge is 0.481 e. The van der Waals surface area contributed by atoms with Crippen molar-refractivity contribution in [3.63, 3.8) is 0 Å². The predicted molar refractivity (Wildman–Crippen MR) is 74.6 cm³/mol. The summed E-state index contributed by atoms with van der Waals surface area (Å²) in [4.78, 5) is 23.2. The fourth-order valence-corrected chi connectivity index (χ4v) is 2.76. The first-order valence-corrected chi connectivity index (χ1v) is 7.00. The third-order valence-corrected chi connectivity index (χ3v) is 4.24. The van der Waals surface area contributed by atoms with Crippen molar-refractivity contribution in [2.24, 2.45) is 0 Å². The molecule has 2 fully saturated rings. The summed E-state index contributed by atoms with van der Waals surface area (Å²) in [5.74, 6) is -0.779. The minimum atomic E-state index is -0.760. The fraction of sp³-hybridized carbons (Fsp3) is 0.467. The Morgan fingerprint density at radius 1 is 1.25 bits per heavy atom. The molecule has 1 atom stereocenters. The van der Waals surface area contributed by atoms with Gasteiger partial charge in [-0.05, 0) is 49.9 Å². The van der Waals surface area contributed by atoms with E-state index in [2.05, 4.69) is 10.6 Å². The molecule has 2 aliphatic rings. The summed E-state index contributed by atoms with van der Waals surface area (Å²) in [5.41, 5.74) is 0.853. The number of benzene rings is 1. The van der Waals surface area contributed by atoms with E-state index in [1.54, 1.807) is 24.3 Å². The molecule has 0 radical (unpaired) electrons. The van der Waals surface area contributed by atoms with Crippen LogP contribution in [0.5, 0.6) is 0 Å². The number of carboxylic acids is 1. The maximum absolute atomic E-state index is 11.9. The Balaban J connectivity index is 1.67. The molecule has 20 heavy (non-hydrogen) atoms. The second-order valence-electron chi connectivity index (χ2n) is 5.60. The molecule has 0 unspecified atom stereocenters. The Morgan fingerprint density at radius 2 is 1.95 bits per heavy atom. The molecule has 1 heterocycles. The molecule has 1 aromatic carbocycles. The molecule has 1 amide bonds. The van der Waals surface area contributed by atoms with E-state index in [1.807, 2.05) is 0 Å². The number of carbonyl (C=O) groups excluding carboxylic acids is 1. The predicted octanol–water partition coefficient (Wildman–Crippen LogP) is 1.49. The van der Waals surface area contributed by atoms with Crippen molar-refractivity contribution in [3.05, 3.63) is 29.8 Å². The molecule has 5 heteroatoms. The minimum Gasteiger partial charge on any atom is -0.481 e. The number of rotatable bonds is 4. The molecule has 3 N–H and O–H groups in total. The molecule has 1 aliphatic heterocycles. The number of nitrogens with one attached hydrogen (secondary N) is 2. The topological polar surface area (TPSA) is 78.4 Å². The van der Waals surface area contributed by atoms with Crippen molar-refractivity contribution >= 4 is 17.6 Å². The standard InChI is InChI=1S/C15H18N2O3/c18-13(12-2-1-9-16-12)17-11-5-3-10(4-6-11)15(7-8-15)14(19)20/h3-6,12,16H,1-2,7-9H2,(H,17,18)(H,19,20)/t12-/m1/s1. The first-order chi connectivity index (χ1) is 9.62. The Bertz CT molecular complexity index is 529. The number of anilines is 1. The molecule has 106 valence electrons. The van der Waals surface area contributed by atoms with Gasteiger partial charge in [0, 0.05) is 5.69 Å². The zero-order valence-electron chi connectivity index (χ0n) is 11.2. The van der Waals surface area contributed by atoms with E-state index in [0.29, 0.717) is 18.5 Å². The van der Waals surface area contributed by atoms with Crippen LogP contribution in [0.1, 0.15) is 31.2 Å². The number of aliphatic carboxylic acids is 1. The number of carbonyl (C=O) groups is 2. The van der Waals surface area contributed by atoms with Gasteiger partial charge in [0.25, 0.3) is 0 Å². The number of carboxylic acid groups (broad SMARTS) is 1. The second-order valence-corrected chi connectivity index (χ2v) is 5.60. The Labute approximate surface area is 117 Å². The maximum Gasteiger partial charge on any atom is 0.314 e. The van der Waals surface area contributed by atoms with Gasteiger partial charge < -0.3 is 15.7 Å². The first kappa shape index (κ1) is 13.1. The molecule has 1 saturated heterocycles. The molecule has 1 saturated carbocycles. The Kier molecular flexibility index (Phi) is 3.22. The zero-order valence-corrected chi connectivity index (χ0v) is 11.2. The first-order valence-electron chi connectivity index (χ1n) is 7.00. The SMILES string of the molecule is O=C(Nc1ccc(C2(C(=O)O)CC2)cc1)[C@H]1CCCN1. The molecule has 3 rings (SSSR count). The van der Waals surface area contributed by atoms with Crippen molar-refractivity contribution in [2.75, 3.05) is 11.9 Å². The van der Waals surface area contributed by atoms with Gasteiger partial charge in [-0.1, -0.05) is 12.1 Å². The van der Waals surface area contributed by atoms with Crippen LogP contribution in [-0.2, 0) is 15.0 Å². The molecule has 0 spiro atoms. The van der Waals surface area contributed by atoms with Gasteiger partial charge in [-0.2, -0.15) is 0 Å². The molecule has 0 aromatic heterocycles. The highest BCUT2D eigenvalue weighted by molar-refractivity contribution is 5.95. The van der Waals surface area contributed by atoms with Gasteiger partial charge in [0.2, 0.25) is 5.91 Å². The van der Waals surface area contributed by atoms with Gasteiger partial charge in [-0.3, -0.25) is 9.59 Å². The van der Waals surface area contributed by atoms with E-state index in [9.17, 15) is 14.7 Å². The lowest BCUT2D eigenvalue weighted by molar-refractivity contribution is -0.140. The highest BCUT2D eigenvalue weighted by Gasteiger charge is 2.51. The Morgan fingerprint density at radius 3 is 2.45 bits per heavy atom. The van der Waals surface area contributed by atoms with E-state index < -0.39 is 11.4 Å². The van der Waals surface area contributed by atoms with Crippen LogP contribution in [0.2, 0.25) is 0 Å². The van der Waals surface area contributed by atoms with Crippen LogP contribution in [0.4, 0.5) is 5.69 Å². The summed E-state index contributed by atoms with van der Waals surface area (Å²) in [7, 11) is 0. The summed E-state index contributed by atoms with van der Waals surface area (Å²) in [6.07, 6.45) is 3.28. The van der Waals surface area contributed by atoms with E-state index in [4.69, 9.17) is 0 Å². The van der Waals surface area contributed by atoms with Crippen molar-refractivity contribution in [1.82, 2.24) is 5.32 Å². The lowest BCUT2D eigenvalue weighted by Crippen LogP contribution is -2.35. The van der Waals surface area contributed by atoms with Crippen molar-refractivity contribution in [1.29, 1.82) is 0 Å². The molecular formula is C15H18N2O3. The lowest BCUT2D eigenvalue weighted by atomic mass is 9.96. The van der Waals surface area contributed by atoms with Crippen LogP contribution in [-0.4, -0.2) is 29.6 Å². The normalized spacial score (nSPS) is 23.3. The van der Waals surface area contributed by atoms with Crippen LogP contribution in [0.25, 0.3) is 0 Å². The van der Waals surface area contributed by atoms with Crippen LogP contribution in [0.3, 0.4) is 0 Å². The lowest BCUT2D eigenvalue weighted by Gasteiger charge is -2.13. The molecule has 1 aromatic rings. The number of hydrogen-bond donors (Lipinski definition) is 3. The summed E-state index contributed by atoms with van der Waals surface area (Å²) >= 11 is 0. The fourth-order valence-electron chi connectivity index (χ4n) is 2.76. The van der Waals surface area contributed by atoms with Gasteiger partial charge in [0.1, 0.15) is 0 Å². The van der Waals surface area contributed by atoms with Crippen LogP contribution in [0, 0.1) is 0 Å². The number of amides is 1. The van der Waals surface area contributed by atoms with Crippen molar-refractivity contribution in [3.8, 4) is 0 Å². The summed E-state index contributed by atoms with van der Waals surface area (Å²) in [6.45, 7) is 0.887. The van der Waals surface area contributed by atoms with Crippen LogP contribution < -0.4 is 10.6 Å². The molecule has 0 bridgehead atoms. The Hall–Kier alpha value is -1.88. The van der Waals surface area contributed by atoms with Crippen LogP contribution >= 0.6 is 0 Å². The smallest absolute Gasteiger partial charge is 0.314 e. The third kappa shape index (κ3) is 2.29. The van der Waals surface area contributed by atoms with Gasteiger partial charge in [-0.25, -0.2) is 0 Å².